The zero-order chi connectivity index (χ0) is 16.8. The van der Waals surface area contributed by atoms with Crippen LogP contribution in [-0.2, 0) is 11.3 Å². The van der Waals surface area contributed by atoms with Crippen LogP contribution >= 0.6 is 11.3 Å². The maximum absolute atomic E-state index is 12.0. The highest BCUT2D eigenvalue weighted by Gasteiger charge is 2.11. The number of aryl methyl sites for hydroxylation is 1. The normalized spacial score (nSPS) is 10.2. The summed E-state index contributed by atoms with van der Waals surface area (Å²) in [4.78, 5) is 26.8. The fourth-order valence-corrected chi connectivity index (χ4v) is 2.42. The summed E-state index contributed by atoms with van der Waals surface area (Å²) in [5.74, 6) is 0.0725. The van der Waals surface area contributed by atoms with E-state index >= 15 is 0 Å². The molecule has 3 N–H and O–H groups in total. The molecule has 1 aromatic carbocycles. The third-order valence-electron chi connectivity index (χ3n) is 2.90. The van der Waals surface area contributed by atoms with E-state index in [0.717, 1.165) is 10.6 Å². The van der Waals surface area contributed by atoms with E-state index in [1.54, 1.807) is 23.6 Å². The third kappa shape index (κ3) is 4.68. The Morgan fingerprint density at radius 3 is 2.74 bits per heavy atom. The van der Waals surface area contributed by atoms with Crippen molar-refractivity contribution in [1.82, 2.24) is 10.3 Å². The van der Waals surface area contributed by atoms with Crippen molar-refractivity contribution in [2.45, 2.75) is 13.5 Å². The van der Waals surface area contributed by atoms with Crippen molar-refractivity contribution < 1.29 is 19.1 Å². The van der Waals surface area contributed by atoms with Gasteiger partial charge in [-0.15, -0.1) is 11.3 Å². The lowest BCUT2D eigenvalue weighted by atomic mass is 10.2. The van der Waals surface area contributed by atoms with Gasteiger partial charge in [-0.05, 0) is 24.6 Å². The first-order valence-corrected chi connectivity index (χ1v) is 7.66. The van der Waals surface area contributed by atoms with Crippen LogP contribution in [0, 0.1) is 6.92 Å². The number of aromatic nitrogens is 1. The van der Waals surface area contributed by atoms with Crippen LogP contribution in [0.2, 0.25) is 0 Å². The van der Waals surface area contributed by atoms with E-state index in [-0.39, 0.29) is 12.5 Å². The molecule has 0 radical (unpaired) electrons. The SMILES string of the molecule is COc1cc(CNC(=O)c2csc(C)n2)ccc1OCC(N)=O. The Hall–Kier alpha value is -2.61. The van der Waals surface area contributed by atoms with Crippen LogP contribution in [0.25, 0.3) is 0 Å². The van der Waals surface area contributed by atoms with Crippen LogP contribution in [0.15, 0.2) is 23.6 Å². The number of carbonyl (C=O) groups excluding carboxylic acids is 2. The maximum Gasteiger partial charge on any atom is 0.271 e. The first-order chi connectivity index (χ1) is 11.0. The highest BCUT2D eigenvalue weighted by molar-refractivity contribution is 7.09. The van der Waals surface area contributed by atoms with Crippen molar-refractivity contribution in [2.75, 3.05) is 13.7 Å². The summed E-state index contributed by atoms with van der Waals surface area (Å²) in [7, 11) is 1.49. The molecule has 0 atom stereocenters. The van der Waals surface area contributed by atoms with E-state index < -0.39 is 5.91 Å². The van der Waals surface area contributed by atoms with Gasteiger partial charge in [0.2, 0.25) is 0 Å². The zero-order valence-electron chi connectivity index (χ0n) is 12.8. The Bertz CT molecular complexity index is 714. The molecule has 2 amide bonds. The standard InChI is InChI=1S/C15H17N3O4S/c1-9-18-11(8-23-9)15(20)17-6-10-3-4-12(13(5-10)21-2)22-7-14(16)19/h3-5,8H,6-7H2,1-2H3,(H2,16,19)(H,17,20). The van der Waals surface area contributed by atoms with E-state index in [2.05, 4.69) is 10.3 Å². The molecule has 23 heavy (non-hydrogen) atoms. The number of hydrogen-bond acceptors (Lipinski definition) is 6. The summed E-state index contributed by atoms with van der Waals surface area (Å²) >= 11 is 1.42. The Kier molecular flexibility index (Phi) is 5.53. The third-order valence-corrected chi connectivity index (χ3v) is 3.68. The lowest BCUT2D eigenvalue weighted by Crippen LogP contribution is -2.23. The quantitative estimate of drug-likeness (QED) is 0.792. The molecular weight excluding hydrogens is 318 g/mol. The van der Waals surface area contributed by atoms with E-state index in [9.17, 15) is 9.59 Å². The van der Waals surface area contributed by atoms with Crippen LogP contribution in [0.4, 0.5) is 0 Å². The van der Waals surface area contributed by atoms with Crippen molar-refractivity contribution >= 4 is 23.2 Å². The summed E-state index contributed by atoms with van der Waals surface area (Å²) in [5.41, 5.74) is 6.27. The predicted molar refractivity (Wildman–Crippen MR) is 85.7 cm³/mol. The van der Waals surface area contributed by atoms with Crippen molar-refractivity contribution in [3.63, 3.8) is 0 Å². The van der Waals surface area contributed by atoms with Crippen LogP contribution < -0.4 is 20.5 Å². The number of benzene rings is 1. The van der Waals surface area contributed by atoms with Crippen LogP contribution in [0.1, 0.15) is 21.1 Å². The average molecular weight is 335 g/mol. The highest BCUT2D eigenvalue weighted by Crippen LogP contribution is 2.28. The number of thiazole rings is 1. The zero-order valence-corrected chi connectivity index (χ0v) is 13.6. The minimum absolute atomic E-state index is 0.227. The van der Waals surface area contributed by atoms with Gasteiger partial charge in [0.1, 0.15) is 5.69 Å². The average Bonchev–Trinajstić information content (AvgIpc) is 2.97. The second-order valence-electron chi connectivity index (χ2n) is 4.67. The minimum Gasteiger partial charge on any atom is -0.493 e. The molecule has 2 rings (SSSR count). The van der Waals surface area contributed by atoms with Crippen molar-refractivity contribution in [3.8, 4) is 11.5 Å². The smallest absolute Gasteiger partial charge is 0.271 e. The summed E-state index contributed by atoms with van der Waals surface area (Å²) in [6.45, 7) is 1.94. The largest absolute Gasteiger partial charge is 0.493 e. The predicted octanol–water partition coefficient (Wildman–Crippen LogP) is 1.25. The number of nitrogens with one attached hydrogen (secondary N) is 1. The van der Waals surface area contributed by atoms with E-state index in [1.807, 2.05) is 6.92 Å². The van der Waals surface area contributed by atoms with Gasteiger partial charge in [0.15, 0.2) is 18.1 Å². The van der Waals surface area contributed by atoms with Gasteiger partial charge in [0.05, 0.1) is 12.1 Å². The molecular formula is C15H17N3O4S. The van der Waals surface area contributed by atoms with Gasteiger partial charge in [0, 0.05) is 11.9 Å². The second-order valence-corrected chi connectivity index (χ2v) is 5.74. The summed E-state index contributed by atoms with van der Waals surface area (Å²) in [5, 5.41) is 5.34. The minimum atomic E-state index is -0.568. The lowest BCUT2D eigenvalue weighted by molar-refractivity contribution is -0.119. The van der Waals surface area contributed by atoms with Gasteiger partial charge in [-0.1, -0.05) is 6.07 Å². The van der Waals surface area contributed by atoms with Gasteiger partial charge in [-0.3, -0.25) is 9.59 Å². The number of nitrogens with zero attached hydrogens (tertiary/aromatic N) is 1. The molecule has 0 spiro atoms. The van der Waals surface area contributed by atoms with E-state index in [1.165, 1.54) is 18.4 Å². The number of nitrogens with two attached hydrogens (primary N) is 1. The highest BCUT2D eigenvalue weighted by atomic mass is 32.1. The van der Waals surface area contributed by atoms with E-state index in [0.29, 0.717) is 23.7 Å². The molecule has 1 aromatic heterocycles. The molecule has 8 heteroatoms. The molecule has 0 bridgehead atoms. The fraction of sp³-hybridized carbons (Fsp3) is 0.267. The van der Waals surface area contributed by atoms with Crippen molar-refractivity contribution in [1.29, 1.82) is 0 Å². The molecule has 0 saturated carbocycles. The molecule has 0 aliphatic carbocycles. The molecule has 7 nitrogen and oxygen atoms in total. The number of carbonyl (C=O) groups is 2. The summed E-state index contributed by atoms with van der Waals surface area (Å²) < 4.78 is 10.5. The van der Waals surface area contributed by atoms with Gasteiger partial charge < -0.3 is 20.5 Å². The summed E-state index contributed by atoms with van der Waals surface area (Å²) in [6.07, 6.45) is 0. The molecule has 2 aromatic rings. The molecule has 0 saturated heterocycles. The van der Waals surface area contributed by atoms with E-state index in [4.69, 9.17) is 15.2 Å². The Balaban J connectivity index is 2.00. The number of methoxy groups -OCH3 is 1. The van der Waals surface area contributed by atoms with Gasteiger partial charge in [0.25, 0.3) is 11.8 Å². The Morgan fingerprint density at radius 1 is 1.35 bits per heavy atom. The molecule has 0 unspecified atom stereocenters. The van der Waals surface area contributed by atoms with Crippen molar-refractivity contribution in [3.05, 3.63) is 39.8 Å². The molecule has 0 fully saturated rings. The van der Waals surface area contributed by atoms with Gasteiger partial charge in [-0.2, -0.15) is 0 Å². The number of ether oxygens (including phenoxy) is 2. The van der Waals surface area contributed by atoms with Crippen LogP contribution in [0.3, 0.4) is 0 Å². The Morgan fingerprint density at radius 2 is 2.13 bits per heavy atom. The molecule has 0 aliphatic heterocycles. The number of hydrogen-bond donors (Lipinski definition) is 2. The van der Waals surface area contributed by atoms with Gasteiger partial charge >= 0.3 is 0 Å². The van der Waals surface area contributed by atoms with Crippen molar-refractivity contribution in [2.24, 2.45) is 5.73 Å². The number of rotatable bonds is 7. The number of primary amides is 1. The molecule has 1 heterocycles. The first kappa shape index (κ1) is 16.8. The topological polar surface area (TPSA) is 104 Å². The second kappa shape index (κ2) is 7.59. The monoisotopic (exact) mass is 335 g/mol. The van der Waals surface area contributed by atoms with Crippen LogP contribution in [-0.4, -0.2) is 30.5 Å². The fourth-order valence-electron chi connectivity index (χ4n) is 1.83. The van der Waals surface area contributed by atoms with Crippen LogP contribution in [0.5, 0.6) is 11.5 Å². The molecule has 0 aliphatic rings. The Labute approximate surface area is 137 Å². The first-order valence-electron chi connectivity index (χ1n) is 6.78. The van der Waals surface area contributed by atoms with Gasteiger partial charge in [-0.25, -0.2) is 4.98 Å². The lowest BCUT2D eigenvalue weighted by Gasteiger charge is -2.11. The molecule has 122 valence electrons. The summed E-state index contributed by atoms with van der Waals surface area (Å²) in [6, 6.07) is 5.16. The maximum atomic E-state index is 12.0. The number of amides is 2.